The van der Waals surface area contributed by atoms with Gasteiger partial charge in [-0.25, -0.2) is 0 Å². The fraction of sp³-hybridized carbons (Fsp3) is 0.533. The third kappa shape index (κ3) is 6.52. The summed E-state index contributed by atoms with van der Waals surface area (Å²) in [6.07, 6.45) is 3.33. The molecule has 100 valence electrons. The van der Waals surface area contributed by atoms with Gasteiger partial charge < -0.3 is 15.2 Å². The van der Waals surface area contributed by atoms with Crippen LogP contribution in [0.1, 0.15) is 44.3 Å². The molecule has 0 saturated heterocycles. The van der Waals surface area contributed by atoms with Crippen LogP contribution >= 0.6 is 0 Å². The highest BCUT2D eigenvalue weighted by atomic mass is 16.3. The number of Topliss-reactive ketones (excluding diaryl/α,β-unsaturated/α-hetero) is 1. The van der Waals surface area contributed by atoms with Crippen molar-refractivity contribution in [1.29, 1.82) is 0 Å². The van der Waals surface area contributed by atoms with Gasteiger partial charge in [0.05, 0.1) is 6.10 Å². The summed E-state index contributed by atoms with van der Waals surface area (Å²) in [6.45, 7) is 3.10. The first kappa shape index (κ1) is 14.9. The first-order valence-corrected chi connectivity index (χ1v) is 6.63. The summed E-state index contributed by atoms with van der Waals surface area (Å²) < 4.78 is 0. The average molecular weight is 249 g/mol. The molecule has 1 aromatic rings. The van der Waals surface area contributed by atoms with Gasteiger partial charge in [-0.1, -0.05) is 36.8 Å². The summed E-state index contributed by atoms with van der Waals surface area (Å²) in [6, 6.07) is 9.66. The number of aliphatic hydroxyl groups is 1. The van der Waals surface area contributed by atoms with Gasteiger partial charge in [0.25, 0.3) is 0 Å². The minimum absolute atomic E-state index is 0.266. The molecular weight excluding hydrogens is 226 g/mol. The zero-order valence-corrected chi connectivity index (χ0v) is 11.1. The lowest BCUT2D eigenvalue weighted by Gasteiger charge is -2.11. The maximum Gasteiger partial charge on any atom is 0.129 e. The molecule has 3 heteroatoms. The number of hydrogen-bond donors (Lipinski definition) is 2. The molecule has 0 bridgehead atoms. The number of nitrogens with one attached hydrogen (secondary N) is 1. The molecule has 0 saturated carbocycles. The van der Waals surface area contributed by atoms with Gasteiger partial charge in [-0.15, -0.1) is 0 Å². The van der Waals surface area contributed by atoms with E-state index in [1.807, 2.05) is 30.3 Å². The van der Waals surface area contributed by atoms with Gasteiger partial charge in [0.1, 0.15) is 5.78 Å². The number of hydrogen-bond acceptors (Lipinski definition) is 3. The Morgan fingerprint density at radius 2 is 1.94 bits per heavy atom. The quantitative estimate of drug-likeness (QED) is 0.661. The second kappa shape index (κ2) is 8.84. The lowest BCUT2D eigenvalue weighted by Crippen LogP contribution is -2.22. The minimum Gasteiger partial charge on any atom is -0.387 e. The van der Waals surface area contributed by atoms with Gasteiger partial charge in [-0.3, -0.25) is 0 Å². The van der Waals surface area contributed by atoms with Crippen LogP contribution in [0.5, 0.6) is 0 Å². The first-order chi connectivity index (χ1) is 8.70. The molecule has 3 nitrogen and oxygen atoms in total. The molecular formula is C15H23NO2. The molecule has 0 aliphatic carbocycles. The normalized spacial score (nSPS) is 12.3. The number of carbonyl (C=O) groups excluding carboxylic acids is 1. The van der Waals surface area contributed by atoms with E-state index in [-0.39, 0.29) is 5.78 Å². The second-order valence-electron chi connectivity index (χ2n) is 4.64. The molecule has 18 heavy (non-hydrogen) atoms. The summed E-state index contributed by atoms with van der Waals surface area (Å²) in [4.78, 5) is 10.7. The summed E-state index contributed by atoms with van der Waals surface area (Å²) in [5, 5.41) is 13.1. The van der Waals surface area contributed by atoms with Gasteiger partial charge in [0, 0.05) is 13.0 Å². The highest BCUT2D eigenvalue weighted by Crippen LogP contribution is 2.10. The number of unbranched alkanes of at least 4 members (excludes halogenated alkanes) is 2. The molecule has 0 aliphatic rings. The molecule has 1 unspecified atom stereocenters. The van der Waals surface area contributed by atoms with Crippen LogP contribution in [0.15, 0.2) is 30.3 Å². The van der Waals surface area contributed by atoms with Crippen molar-refractivity contribution in [3.63, 3.8) is 0 Å². The van der Waals surface area contributed by atoms with E-state index in [4.69, 9.17) is 0 Å². The third-order valence-corrected chi connectivity index (χ3v) is 2.90. The van der Waals surface area contributed by atoms with Crippen molar-refractivity contribution in [3.05, 3.63) is 35.9 Å². The van der Waals surface area contributed by atoms with Crippen LogP contribution in [0, 0.1) is 0 Å². The predicted octanol–water partition coefficient (Wildman–Crippen LogP) is 2.46. The maximum absolute atomic E-state index is 10.7. The van der Waals surface area contributed by atoms with Crippen molar-refractivity contribution in [2.75, 3.05) is 13.1 Å². The zero-order chi connectivity index (χ0) is 13.2. The molecule has 0 aromatic heterocycles. The Kier molecular flexibility index (Phi) is 7.30. The van der Waals surface area contributed by atoms with Crippen LogP contribution in [0.2, 0.25) is 0 Å². The molecule has 1 rings (SSSR count). The van der Waals surface area contributed by atoms with E-state index in [0.29, 0.717) is 13.0 Å². The van der Waals surface area contributed by atoms with Crippen LogP contribution in [0.25, 0.3) is 0 Å². The van der Waals surface area contributed by atoms with Gasteiger partial charge in [-0.05, 0) is 31.9 Å². The monoisotopic (exact) mass is 249 g/mol. The van der Waals surface area contributed by atoms with Gasteiger partial charge >= 0.3 is 0 Å². The van der Waals surface area contributed by atoms with E-state index < -0.39 is 6.10 Å². The third-order valence-electron chi connectivity index (χ3n) is 2.90. The topological polar surface area (TPSA) is 49.3 Å². The van der Waals surface area contributed by atoms with Crippen molar-refractivity contribution >= 4 is 5.78 Å². The zero-order valence-electron chi connectivity index (χ0n) is 11.1. The summed E-state index contributed by atoms with van der Waals surface area (Å²) in [7, 11) is 0. The number of benzene rings is 1. The molecule has 0 heterocycles. The van der Waals surface area contributed by atoms with E-state index in [0.717, 1.165) is 31.4 Å². The molecule has 0 amide bonds. The van der Waals surface area contributed by atoms with E-state index >= 15 is 0 Å². The lowest BCUT2D eigenvalue weighted by atomic mass is 10.1. The Morgan fingerprint density at radius 3 is 2.61 bits per heavy atom. The maximum atomic E-state index is 10.7. The largest absolute Gasteiger partial charge is 0.387 e. The number of rotatable bonds is 9. The van der Waals surface area contributed by atoms with Crippen molar-refractivity contribution in [2.24, 2.45) is 0 Å². The van der Waals surface area contributed by atoms with Gasteiger partial charge in [0.2, 0.25) is 0 Å². The number of aliphatic hydroxyl groups excluding tert-OH is 1. The standard InChI is InChI=1S/C15H23NO2/c1-13(17)8-4-3-7-11-16-12-15(18)14-9-5-2-6-10-14/h2,5-6,9-10,15-16,18H,3-4,7-8,11-12H2,1H3. The lowest BCUT2D eigenvalue weighted by molar-refractivity contribution is -0.117. The number of carbonyl (C=O) groups is 1. The smallest absolute Gasteiger partial charge is 0.129 e. The summed E-state index contributed by atoms with van der Waals surface area (Å²) in [5.41, 5.74) is 0.946. The molecule has 0 radical (unpaired) electrons. The highest BCUT2D eigenvalue weighted by Gasteiger charge is 2.05. The molecule has 1 atom stereocenters. The van der Waals surface area contributed by atoms with Crippen molar-refractivity contribution in [1.82, 2.24) is 5.32 Å². The Morgan fingerprint density at radius 1 is 1.22 bits per heavy atom. The van der Waals surface area contributed by atoms with Crippen LogP contribution in [-0.2, 0) is 4.79 Å². The van der Waals surface area contributed by atoms with Gasteiger partial charge in [0.15, 0.2) is 0 Å². The summed E-state index contributed by atoms with van der Waals surface area (Å²) in [5.74, 6) is 0.266. The SMILES string of the molecule is CC(=O)CCCCCNCC(O)c1ccccc1. The Balaban J connectivity index is 2.03. The molecule has 1 aromatic carbocycles. The summed E-state index contributed by atoms with van der Waals surface area (Å²) >= 11 is 0. The molecule has 2 N–H and O–H groups in total. The fourth-order valence-electron chi connectivity index (χ4n) is 1.83. The van der Waals surface area contributed by atoms with Crippen LogP contribution in [0.4, 0.5) is 0 Å². The highest BCUT2D eigenvalue weighted by molar-refractivity contribution is 5.75. The number of ketones is 1. The van der Waals surface area contributed by atoms with E-state index in [1.165, 1.54) is 0 Å². The van der Waals surface area contributed by atoms with E-state index in [2.05, 4.69) is 5.32 Å². The Labute approximate surface area is 109 Å². The molecule has 0 spiro atoms. The average Bonchev–Trinajstić information content (AvgIpc) is 2.38. The van der Waals surface area contributed by atoms with Crippen LogP contribution in [-0.4, -0.2) is 24.0 Å². The Bertz CT molecular complexity index is 338. The minimum atomic E-state index is -0.441. The van der Waals surface area contributed by atoms with Gasteiger partial charge in [-0.2, -0.15) is 0 Å². The van der Waals surface area contributed by atoms with Crippen molar-refractivity contribution in [2.45, 2.75) is 38.7 Å². The molecule has 0 fully saturated rings. The predicted molar refractivity (Wildman–Crippen MR) is 73.4 cm³/mol. The van der Waals surface area contributed by atoms with E-state index in [9.17, 15) is 9.90 Å². The van der Waals surface area contributed by atoms with Crippen molar-refractivity contribution in [3.8, 4) is 0 Å². The Hall–Kier alpha value is -1.19. The van der Waals surface area contributed by atoms with Crippen molar-refractivity contribution < 1.29 is 9.90 Å². The van der Waals surface area contributed by atoms with Crippen LogP contribution in [0.3, 0.4) is 0 Å². The second-order valence-corrected chi connectivity index (χ2v) is 4.64. The fourth-order valence-corrected chi connectivity index (χ4v) is 1.83. The van der Waals surface area contributed by atoms with Crippen LogP contribution < -0.4 is 5.32 Å². The molecule has 0 aliphatic heterocycles. The first-order valence-electron chi connectivity index (χ1n) is 6.63. The van der Waals surface area contributed by atoms with E-state index in [1.54, 1.807) is 6.92 Å².